The Hall–Kier alpha value is -0.650. The summed E-state index contributed by atoms with van der Waals surface area (Å²) in [5.74, 6) is 0.273. The summed E-state index contributed by atoms with van der Waals surface area (Å²) in [7, 11) is 1.97. The molecule has 116 valence electrons. The first kappa shape index (κ1) is 15.7. The molecule has 2 fully saturated rings. The van der Waals surface area contributed by atoms with Gasteiger partial charge >= 0.3 is 0 Å². The maximum Gasteiger partial charge on any atom is 0.239 e. The smallest absolute Gasteiger partial charge is 0.239 e. The minimum absolute atomic E-state index is 0.0126. The highest BCUT2D eigenvalue weighted by Crippen LogP contribution is 2.18. The van der Waals surface area contributed by atoms with Crippen LogP contribution in [0.15, 0.2) is 0 Å². The van der Waals surface area contributed by atoms with Crippen molar-refractivity contribution >= 4 is 5.91 Å². The fourth-order valence-electron chi connectivity index (χ4n) is 3.47. The van der Waals surface area contributed by atoms with E-state index < -0.39 is 0 Å². The van der Waals surface area contributed by atoms with E-state index in [1.165, 1.54) is 19.4 Å². The van der Waals surface area contributed by atoms with Crippen LogP contribution in [0.3, 0.4) is 0 Å². The third-order valence-electron chi connectivity index (χ3n) is 4.82. The predicted molar refractivity (Wildman–Crippen MR) is 81.8 cm³/mol. The third kappa shape index (κ3) is 3.71. The van der Waals surface area contributed by atoms with E-state index in [1.54, 1.807) is 0 Å². The number of carbonyl (C=O) groups is 1. The molecule has 0 aromatic carbocycles. The molecule has 0 saturated carbocycles. The Labute approximate surface area is 123 Å². The van der Waals surface area contributed by atoms with Gasteiger partial charge in [0.05, 0.1) is 6.04 Å². The van der Waals surface area contributed by atoms with Gasteiger partial charge in [-0.15, -0.1) is 0 Å². The molecule has 2 saturated heterocycles. The molecule has 2 heterocycles. The van der Waals surface area contributed by atoms with E-state index in [4.69, 9.17) is 0 Å². The lowest BCUT2D eigenvalue weighted by Gasteiger charge is -2.35. The van der Waals surface area contributed by atoms with Gasteiger partial charge in [0.1, 0.15) is 0 Å². The molecule has 2 atom stereocenters. The van der Waals surface area contributed by atoms with E-state index in [1.807, 2.05) is 11.9 Å². The van der Waals surface area contributed by atoms with Gasteiger partial charge in [-0.1, -0.05) is 6.92 Å². The molecule has 0 spiro atoms. The van der Waals surface area contributed by atoms with Crippen LogP contribution in [-0.4, -0.2) is 85.6 Å². The van der Waals surface area contributed by atoms with Crippen molar-refractivity contribution in [1.29, 1.82) is 0 Å². The molecule has 1 amide bonds. The largest absolute Gasteiger partial charge is 0.343 e. The number of nitrogens with zero attached hydrogens (tertiary/aromatic N) is 3. The van der Waals surface area contributed by atoms with Crippen LogP contribution in [0.25, 0.3) is 0 Å². The summed E-state index contributed by atoms with van der Waals surface area (Å²) in [5.41, 5.74) is 0. The SMILES string of the molecule is CCN1CCCC1CN(C)C(=O)C(C)N1CCNCC1. The van der Waals surface area contributed by atoms with Crippen molar-refractivity contribution in [3.8, 4) is 0 Å². The van der Waals surface area contributed by atoms with Crippen molar-refractivity contribution < 1.29 is 4.79 Å². The summed E-state index contributed by atoms with van der Waals surface area (Å²) in [6, 6.07) is 0.572. The van der Waals surface area contributed by atoms with E-state index >= 15 is 0 Å². The Bertz CT molecular complexity index is 317. The van der Waals surface area contributed by atoms with Gasteiger partial charge in [-0.3, -0.25) is 14.6 Å². The number of likely N-dealkylation sites (tertiary alicyclic amines) is 1. The standard InChI is InChI=1S/C15H30N4O/c1-4-18-9-5-6-14(18)12-17(3)15(20)13(2)19-10-7-16-8-11-19/h13-14,16H,4-12H2,1-3H3. The second kappa shape index (κ2) is 7.38. The normalized spacial score (nSPS) is 26.6. The van der Waals surface area contributed by atoms with E-state index in [9.17, 15) is 4.79 Å². The Morgan fingerprint density at radius 1 is 1.35 bits per heavy atom. The van der Waals surface area contributed by atoms with Gasteiger partial charge in [0, 0.05) is 45.8 Å². The average molecular weight is 282 g/mol. The predicted octanol–water partition coefficient (Wildman–Crippen LogP) is 0.223. The van der Waals surface area contributed by atoms with Gasteiger partial charge in [-0.25, -0.2) is 0 Å². The van der Waals surface area contributed by atoms with Crippen LogP contribution in [0.2, 0.25) is 0 Å². The number of carbonyl (C=O) groups excluding carboxylic acids is 1. The topological polar surface area (TPSA) is 38.8 Å². The van der Waals surface area contributed by atoms with E-state index in [2.05, 4.69) is 29.0 Å². The lowest BCUT2D eigenvalue weighted by atomic mass is 10.1. The fourth-order valence-corrected chi connectivity index (χ4v) is 3.47. The lowest BCUT2D eigenvalue weighted by molar-refractivity contribution is -0.136. The zero-order valence-electron chi connectivity index (χ0n) is 13.3. The van der Waals surface area contributed by atoms with Gasteiger partial charge in [-0.2, -0.15) is 0 Å². The summed E-state index contributed by atoms with van der Waals surface area (Å²) < 4.78 is 0. The van der Waals surface area contributed by atoms with E-state index in [0.717, 1.165) is 39.3 Å². The molecule has 2 aliphatic heterocycles. The molecule has 20 heavy (non-hydrogen) atoms. The second-order valence-corrected chi connectivity index (χ2v) is 6.11. The molecule has 0 aliphatic carbocycles. The van der Waals surface area contributed by atoms with Crippen LogP contribution in [0.1, 0.15) is 26.7 Å². The lowest BCUT2D eigenvalue weighted by Crippen LogP contribution is -2.54. The van der Waals surface area contributed by atoms with Crippen molar-refractivity contribution in [2.75, 3.05) is 52.9 Å². The van der Waals surface area contributed by atoms with Crippen LogP contribution in [0, 0.1) is 0 Å². The van der Waals surface area contributed by atoms with Crippen LogP contribution in [0.5, 0.6) is 0 Å². The Morgan fingerprint density at radius 3 is 2.70 bits per heavy atom. The molecule has 2 aliphatic rings. The molecule has 0 bridgehead atoms. The molecule has 5 nitrogen and oxygen atoms in total. The number of piperazine rings is 1. The molecule has 0 aromatic rings. The maximum absolute atomic E-state index is 12.6. The van der Waals surface area contributed by atoms with Crippen molar-refractivity contribution in [3.63, 3.8) is 0 Å². The maximum atomic E-state index is 12.6. The number of amides is 1. The van der Waals surface area contributed by atoms with Crippen molar-refractivity contribution in [3.05, 3.63) is 0 Å². The molecule has 0 radical (unpaired) electrons. The Morgan fingerprint density at radius 2 is 2.05 bits per heavy atom. The van der Waals surface area contributed by atoms with Crippen molar-refractivity contribution in [2.24, 2.45) is 0 Å². The van der Waals surface area contributed by atoms with Crippen LogP contribution in [-0.2, 0) is 4.79 Å². The van der Waals surface area contributed by atoms with Crippen molar-refractivity contribution in [2.45, 2.75) is 38.8 Å². The average Bonchev–Trinajstić information content (AvgIpc) is 2.93. The minimum Gasteiger partial charge on any atom is -0.343 e. The Balaban J connectivity index is 1.84. The number of hydrogen-bond acceptors (Lipinski definition) is 4. The van der Waals surface area contributed by atoms with Crippen LogP contribution >= 0.6 is 0 Å². The molecule has 2 unspecified atom stereocenters. The molecule has 0 aromatic heterocycles. The summed E-state index contributed by atoms with van der Waals surface area (Å²) in [6.07, 6.45) is 2.50. The number of likely N-dealkylation sites (N-methyl/N-ethyl adjacent to an activating group) is 2. The van der Waals surface area contributed by atoms with E-state index in [0.29, 0.717) is 6.04 Å². The highest BCUT2D eigenvalue weighted by Gasteiger charge is 2.29. The minimum atomic E-state index is 0.0126. The van der Waals surface area contributed by atoms with Gasteiger partial charge in [0.15, 0.2) is 0 Å². The van der Waals surface area contributed by atoms with Crippen LogP contribution in [0.4, 0.5) is 0 Å². The van der Waals surface area contributed by atoms with Crippen molar-refractivity contribution in [1.82, 2.24) is 20.0 Å². The van der Waals surface area contributed by atoms with Gasteiger partial charge in [0.2, 0.25) is 5.91 Å². The molecule has 2 rings (SSSR count). The fraction of sp³-hybridized carbons (Fsp3) is 0.933. The Kier molecular flexibility index (Phi) is 5.81. The molecule has 1 N–H and O–H groups in total. The first-order valence-corrected chi connectivity index (χ1v) is 8.07. The van der Waals surface area contributed by atoms with E-state index in [-0.39, 0.29) is 11.9 Å². The summed E-state index contributed by atoms with van der Waals surface area (Å²) in [5, 5.41) is 3.34. The number of rotatable bonds is 5. The van der Waals surface area contributed by atoms with Gasteiger partial charge in [0.25, 0.3) is 0 Å². The highest BCUT2D eigenvalue weighted by molar-refractivity contribution is 5.81. The summed E-state index contributed by atoms with van der Waals surface area (Å²) in [4.78, 5) is 19.3. The quantitative estimate of drug-likeness (QED) is 0.783. The number of nitrogens with one attached hydrogen (secondary N) is 1. The van der Waals surface area contributed by atoms with Gasteiger partial charge < -0.3 is 10.2 Å². The monoisotopic (exact) mass is 282 g/mol. The first-order chi connectivity index (χ1) is 9.63. The summed E-state index contributed by atoms with van der Waals surface area (Å²) in [6.45, 7) is 11.4. The first-order valence-electron chi connectivity index (χ1n) is 8.07. The second-order valence-electron chi connectivity index (χ2n) is 6.11. The third-order valence-corrected chi connectivity index (χ3v) is 4.82. The summed E-state index contributed by atoms with van der Waals surface area (Å²) >= 11 is 0. The molecular weight excluding hydrogens is 252 g/mol. The van der Waals surface area contributed by atoms with Crippen LogP contribution < -0.4 is 5.32 Å². The molecule has 5 heteroatoms. The highest BCUT2D eigenvalue weighted by atomic mass is 16.2. The zero-order valence-corrected chi connectivity index (χ0v) is 13.3. The number of hydrogen-bond donors (Lipinski definition) is 1. The molecular formula is C15H30N4O. The zero-order chi connectivity index (χ0) is 14.5. The van der Waals surface area contributed by atoms with Gasteiger partial charge in [-0.05, 0) is 32.9 Å².